The second-order valence-electron chi connectivity index (χ2n) is 8.99. The van der Waals surface area contributed by atoms with E-state index in [4.69, 9.17) is 0 Å². The smallest absolute Gasteiger partial charge is 0.326 e. The summed E-state index contributed by atoms with van der Waals surface area (Å²) in [5.74, 6) is -3.98. The Bertz CT molecular complexity index is 1090. The third-order valence-electron chi connectivity index (χ3n) is 6.74. The van der Waals surface area contributed by atoms with E-state index in [2.05, 4.69) is 5.32 Å². The molecular formula is C26H28N2O6. The van der Waals surface area contributed by atoms with Gasteiger partial charge in [0.05, 0.1) is 18.4 Å². The van der Waals surface area contributed by atoms with Gasteiger partial charge in [-0.1, -0.05) is 54.6 Å². The molecule has 2 heterocycles. The summed E-state index contributed by atoms with van der Waals surface area (Å²) in [6, 6.07) is 14.4. The largest absolute Gasteiger partial charge is 0.481 e. The molecule has 0 bridgehead atoms. The van der Waals surface area contributed by atoms with Crippen LogP contribution < -0.4 is 5.32 Å². The number of rotatable bonds is 7. The molecule has 0 aromatic heterocycles. The van der Waals surface area contributed by atoms with Crippen LogP contribution in [0.3, 0.4) is 0 Å². The van der Waals surface area contributed by atoms with Crippen LogP contribution in [0.2, 0.25) is 0 Å². The van der Waals surface area contributed by atoms with Gasteiger partial charge in [-0.05, 0) is 42.4 Å². The molecule has 8 heteroatoms. The maximum atomic E-state index is 13.6. The second kappa shape index (κ2) is 10.1. The average Bonchev–Trinajstić information content (AvgIpc) is 2.94. The zero-order valence-electron chi connectivity index (χ0n) is 18.7. The minimum atomic E-state index is -1.10. The number of piperidine rings is 1. The monoisotopic (exact) mass is 464 g/mol. The molecule has 0 saturated carbocycles. The summed E-state index contributed by atoms with van der Waals surface area (Å²) in [7, 11) is 0. The van der Waals surface area contributed by atoms with Crippen molar-refractivity contribution < 1.29 is 29.4 Å². The maximum Gasteiger partial charge on any atom is 0.326 e. The molecule has 2 aliphatic heterocycles. The zero-order chi connectivity index (χ0) is 24.2. The van der Waals surface area contributed by atoms with Gasteiger partial charge in [0.15, 0.2) is 0 Å². The SMILES string of the molecule is O=C(O)CC(Cc1ccccc1)C(=O)N[C@H]1Cc2ccccc2[C@H]2CCC[C@@H](C(=O)O)N2C1=O. The number of carbonyl (C=O) groups excluding carboxylic acids is 2. The van der Waals surface area contributed by atoms with Crippen molar-refractivity contribution in [3.8, 4) is 0 Å². The highest BCUT2D eigenvalue weighted by Crippen LogP contribution is 2.39. The molecule has 2 aromatic carbocycles. The van der Waals surface area contributed by atoms with Gasteiger partial charge >= 0.3 is 11.9 Å². The van der Waals surface area contributed by atoms with Gasteiger partial charge in [0.25, 0.3) is 0 Å². The van der Waals surface area contributed by atoms with E-state index in [1.54, 1.807) is 0 Å². The molecule has 4 atom stereocenters. The van der Waals surface area contributed by atoms with Crippen LogP contribution in [-0.2, 0) is 32.0 Å². The Balaban J connectivity index is 1.63. The summed E-state index contributed by atoms with van der Waals surface area (Å²) in [5, 5.41) is 22.0. The zero-order valence-corrected chi connectivity index (χ0v) is 18.7. The van der Waals surface area contributed by atoms with Crippen molar-refractivity contribution in [2.24, 2.45) is 5.92 Å². The summed E-state index contributed by atoms with van der Waals surface area (Å²) < 4.78 is 0. The van der Waals surface area contributed by atoms with E-state index in [0.717, 1.165) is 16.7 Å². The Morgan fingerprint density at radius 2 is 1.71 bits per heavy atom. The molecule has 2 aliphatic rings. The van der Waals surface area contributed by atoms with Gasteiger partial charge < -0.3 is 20.4 Å². The lowest BCUT2D eigenvalue weighted by Gasteiger charge is -2.40. The Kier molecular flexibility index (Phi) is 6.95. The summed E-state index contributed by atoms with van der Waals surface area (Å²) in [4.78, 5) is 51.7. The van der Waals surface area contributed by atoms with Crippen molar-refractivity contribution in [2.45, 2.75) is 56.7 Å². The lowest BCUT2D eigenvalue weighted by molar-refractivity contribution is -0.156. The number of amides is 2. The highest BCUT2D eigenvalue weighted by Gasteiger charge is 2.44. The molecule has 2 aromatic rings. The standard InChI is InChI=1S/C26H28N2O6/c29-23(30)15-18(13-16-7-2-1-3-8-16)24(31)27-20-14-17-9-4-5-10-19(17)21-11-6-12-22(26(33)34)28(21)25(20)32/h1-5,7-10,18,20-22H,6,11-15H2,(H,27,31)(H,29,30)(H,33,34)/t18?,20-,21+,22-/m0/s1. The molecule has 4 rings (SSSR count). The summed E-state index contributed by atoms with van der Waals surface area (Å²) in [6.07, 6.45) is 1.78. The van der Waals surface area contributed by atoms with Gasteiger partial charge in [-0.25, -0.2) is 4.79 Å². The fraction of sp³-hybridized carbons (Fsp3) is 0.385. The number of nitrogens with zero attached hydrogens (tertiary/aromatic N) is 1. The molecule has 0 aliphatic carbocycles. The number of nitrogens with one attached hydrogen (secondary N) is 1. The minimum absolute atomic E-state index is 0.223. The van der Waals surface area contributed by atoms with Crippen molar-refractivity contribution in [3.05, 3.63) is 71.3 Å². The molecule has 0 spiro atoms. The van der Waals surface area contributed by atoms with Crippen molar-refractivity contribution in [1.29, 1.82) is 0 Å². The molecular weight excluding hydrogens is 436 g/mol. The molecule has 8 nitrogen and oxygen atoms in total. The van der Waals surface area contributed by atoms with Crippen LogP contribution >= 0.6 is 0 Å². The van der Waals surface area contributed by atoms with Crippen LogP contribution in [-0.4, -0.2) is 50.9 Å². The molecule has 1 saturated heterocycles. The van der Waals surface area contributed by atoms with E-state index in [1.807, 2.05) is 54.6 Å². The topological polar surface area (TPSA) is 124 Å². The van der Waals surface area contributed by atoms with Crippen molar-refractivity contribution >= 4 is 23.8 Å². The van der Waals surface area contributed by atoms with E-state index in [9.17, 15) is 29.4 Å². The van der Waals surface area contributed by atoms with Gasteiger partial charge in [0.2, 0.25) is 11.8 Å². The summed E-state index contributed by atoms with van der Waals surface area (Å²) >= 11 is 0. The summed E-state index contributed by atoms with van der Waals surface area (Å²) in [6.45, 7) is 0. The van der Waals surface area contributed by atoms with Crippen LogP contribution in [0.5, 0.6) is 0 Å². The van der Waals surface area contributed by atoms with Crippen LogP contribution in [0.15, 0.2) is 54.6 Å². The molecule has 1 fully saturated rings. The number of hydrogen-bond donors (Lipinski definition) is 3. The Morgan fingerprint density at radius 1 is 1.00 bits per heavy atom. The van der Waals surface area contributed by atoms with E-state index in [-0.39, 0.29) is 25.3 Å². The number of carboxylic acid groups (broad SMARTS) is 2. The van der Waals surface area contributed by atoms with Crippen LogP contribution in [0.1, 0.15) is 48.4 Å². The van der Waals surface area contributed by atoms with E-state index >= 15 is 0 Å². The fourth-order valence-corrected chi connectivity index (χ4v) is 5.16. The Hall–Kier alpha value is -3.68. The molecule has 178 valence electrons. The number of carbonyl (C=O) groups is 4. The first-order valence-electron chi connectivity index (χ1n) is 11.5. The Labute approximate surface area is 197 Å². The van der Waals surface area contributed by atoms with Crippen molar-refractivity contribution in [2.75, 3.05) is 0 Å². The molecule has 3 N–H and O–H groups in total. The second-order valence-corrected chi connectivity index (χ2v) is 8.99. The highest BCUT2D eigenvalue weighted by atomic mass is 16.4. The summed E-state index contributed by atoms with van der Waals surface area (Å²) in [5.41, 5.74) is 2.62. The van der Waals surface area contributed by atoms with Crippen LogP contribution in [0.25, 0.3) is 0 Å². The fourth-order valence-electron chi connectivity index (χ4n) is 5.16. The average molecular weight is 465 g/mol. The third-order valence-corrected chi connectivity index (χ3v) is 6.74. The normalized spacial score (nSPS) is 22.6. The number of fused-ring (bicyclic) bond motifs is 3. The van der Waals surface area contributed by atoms with Gasteiger partial charge in [-0.15, -0.1) is 0 Å². The number of hydrogen-bond acceptors (Lipinski definition) is 4. The molecule has 1 unspecified atom stereocenters. The van der Waals surface area contributed by atoms with Gasteiger partial charge in [0.1, 0.15) is 12.1 Å². The van der Waals surface area contributed by atoms with Gasteiger partial charge in [-0.3, -0.25) is 14.4 Å². The quantitative estimate of drug-likeness (QED) is 0.579. The lowest BCUT2D eigenvalue weighted by atomic mass is 9.89. The first-order chi connectivity index (χ1) is 16.3. The number of aliphatic carboxylic acids is 2. The lowest BCUT2D eigenvalue weighted by Crippen LogP contribution is -2.56. The predicted octanol–water partition coefficient (Wildman–Crippen LogP) is 2.57. The number of benzene rings is 2. The van der Waals surface area contributed by atoms with Gasteiger partial charge in [-0.2, -0.15) is 0 Å². The van der Waals surface area contributed by atoms with E-state index < -0.39 is 41.8 Å². The highest BCUT2D eigenvalue weighted by molar-refractivity contribution is 5.93. The maximum absolute atomic E-state index is 13.6. The van der Waals surface area contributed by atoms with Crippen LogP contribution in [0.4, 0.5) is 0 Å². The Morgan fingerprint density at radius 3 is 2.41 bits per heavy atom. The van der Waals surface area contributed by atoms with Gasteiger partial charge in [0, 0.05) is 6.42 Å². The third kappa shape index (κ3) is 4.95. The predicted molar refractivity (Wildman–Crippen MR) is 123 cm³/mol. The first-order valence-corrected chi connectivity index (χ1v) is 11.5. The van der Waals surface area contributed by atoms with Crippen molar-refractivity contribution in [3.63, 3.8) is 0 Å². The number of carboxylic acids is 2. The minimum Gasteiger partial charge on any atom is -0.481 e. The first kappa shape index (κ1) is 23.5. The van der Waals surface area contributed by atoms with E-state index in [0.29, 0.717) is 19.3 Å². The molecule has 2 amide bonds. The van der Waals surface area contributed by atoms with E-state index in [1.165, 1.54) is 4.90 Å². The van der Waals surface area contributed by atoms with Crippen LogP contribution in [0, 0.1) is 5.92 Å². The van der Waals surface area contributed by atoms with Crippen molar-refractivity contribution in [1.82, 2.24) is 10.2 Å². The molecule has 34 heavy (non-hydrogen) atoms. The molecule has 0 radical (unpaired) electrons.